The third-order valence-electron chi connectivity index (χ3n) is 2.50. The standard InChI is InChI=1S/C11H11N5O4/c12-9(13)8(10-14-4-1-5-15-10)11(19)20-16-6(17)2-3-7(16)18/h1,4-5,14H,2-3H2,(H3,12,13)/b10-8-. The maximum Gasteiger partial charge on any atom is 0.371 e. The summed E-state index contributed by atoms with van der Waals surface area (Å²) in [5.41, 5.74) is 4.95. The van der Waals surface area contributed by atoms with Crippen LogP contribution in [0.3, 0.4) is 0 Å². The van der Waals surface area contributed by atoms with E-state index in [1.165, 1.54) is 12.4 Å². The maximum absolute atomic E-state index is 11.9. The average Bonchev–Trinajstić information content (AvgIpc) is 2.71. The molecule has 0 aromatic carbocycles. The topological polar surface area (TPSA) is 138 Å². The molecule has 0 unspecified atom stereocenters. The van der Waals surface area contributed by atoms with Gasteiger partial charge in [0.15, 0.2) is 0 Å². The highest BCUT2D eigenvalue weighted by Gasteiger charge is 2.34. The summed E-state index contributed by atoms with van der Waals surface area (Å²) in [5.74, 6) is -2.92. The van der Waals surface area contributed by atoms with E-state index < -0.39 is 23.6 Å². The van der Waals surface area contributed by atoms with E-state index in [0.717, 1.165) is 0 Å². The smallest absolute Gasteiger partial charge is 0.371 e. The second-order valence-corrected chi connectivity index (χ2v) is 3.88. The molecule has 2 aliphatic heterocycles. The maximum atomic E-state index is 11.9. The van der Waals surface area contributed by atoms with Gasteiger partial charge in [0.2, 0.25) is 0 Å². The molecule has 9 nitrogen and oxygen atoms in total. The second-order valence-electron chi connectivity index (χ2n) is 3.88. The highest BCUT2D eigenvalue weighted by atomic mass is 16.7. The number of amidine groups is 1. The first-order valence-corrected chi connectivity index (χ1v) is 5.63. The zero-order chi connectivity index (χ0) is 14.7. The van der Waals surface area contributed by atoms with E-state index in [9.17, 15) is 14.4 Å². The van der Waals surface area contributed by atoms with Crippen LogP contribution >= 0.6 is 0 Å². The summed E-state index contributed by atoms with van der Waals surface area (Å²) >= 11 is 0. The molecule has 0 bridgehead atoms. The normalized spacial score (nSPS) is 19.9. The molecule has 20 heavy (non-hydrogen) atoms. The lowest BCUT2D eigenvalue weighted by Crippen LogP contribution is -2.36. The molecule has 0 aromatic heterocycles. The van der Waals surface area contributed by atoms with Crippen LogP contribution in [0, 0.1) is 5.41 Å². The molecule has 1 fully saturated rings. The van der Waals surface area contributed by atoms with Gasteiger partial charge in [0.1, 0.15) is 17.2 Å². The van der Waals surface area contributed by atoms with Crippen LogP contribution in [-0.4, -0.2) is 34.9 Å². The first-order valence-electron chi connectivity index (χ1n) is 5.63. The molecule has 0 saturated carbocycles. The molecular formula is C11H11N5O4. The Morgan fingerprint density at radius 2 is 2.05 bits per heavy atom. The Balaban J connectivity index is 2.23. The average molecular weight is 277 g/mol. The lowest BCUT2D eigenvalue weighted by Gasteiger charge is -2.15. The number of hydroxylamine groups is 2. The van der Waals surface area contributed by atoms with E-state index in [1.807, 2.05) is 0 Å². The predicted molar refractivity (Wildman–Crippen MR) is 66.9 cm³/mol. The SMILES string of the molecule is N=C(N)/C(C(=O)ON1C(=O)CCC1=O)=C1/N=CC=CN1. The van der Waals surface area contributed by atoms with Crippen molar-refractivity contribution in [3.63, 3.8) is 0 Å². The minimum absolute atomic E-state index is 0.00379. The molecule has 2 amide bonds. The van der Waals surface area contributed by atoms with Gasteiger partial charge in [0, 0.05) is 25.3 Å². The van der Waals surface area contributed by atoms with Crippen molar-refractivity contribution in [3.05, 3.63) is 23.7 Å². The van der Waals surface area contributed by atoms with Gasteiger partial charge in [-0.15, -0.1) is 5.06 Å². The Morgan fingerprint density at radius 1 is 1.40 bits per heavy atom. The number of nitrogens with two attached hydrogens (primary N) is 1. The molecule has 2 aliphatic rings. The molecule has 1 saturated heterocycles. The van der Waals surface area contributed by atoms with Gasteiger partial charge in [-0.2, -0.15) is 0 Å². The number of aliphatic imine (C=N–C) groups is 1. The molecule has 0 radical (unpaired) electrons. The third-order valence-corrected chi connectivity index (χ3v) is 2.50. The van der Waals surface area contributed by atoms with Crippen molar-refractivity contribution < 1.29 is 19.2 Å². The molecule has 0 aliphatic carbocycles. The number of allylic oxidation sites excluding steroid dienone is 1. The van der Waals surface area contributed by atoms with Crippen LogP contribution in [-0.2, 0) is 19.2 Å². The molecule has 2 rings (SSSR count). The van der Waals surface area contributed by atoms with Crippen molar-refractivity contribution in [2.45, 2.75) is 12.8 Å². The minimum atomic E-state index is -1.10. The zero-order valence-corrected chi connectivity index (χ0v) is 10.3. The number of carbonyl (C=O) groups is 3. The monoisotopic (exact) mass is 277 g/mol. The van der Waals surface area contributed by atoms with Crippen molar-refractivity contribution in [1.82, 2.24) is 10.4 Å². The Bertz CT molecular complexity index is 574. The molecule has 0 spiro atoms. The van der Waals surface area contributed by atoms with E-state index in [0.29, 0.717) is 5.06 Å². The summed E-state index contributed by atoms with van der Waals surface area (Å²) in [5, 5.41) is 10.4. The lowest BCUT2D eigenvalue weighted by atomic mass is 10.2. The Hall–Kier alpha value is -2.97. The molecule has 0 atom stereocenters. The van der Waals surface area contributed by atoms with Crippen LogP contribution < -0.4 is 11.1 Å². The van der Waals surface area contributed by atoms with Crippen LogP contribution in [0.15, 0.2) is 28.7 Å². The molecule has 0 aromatic rings. The Labute approximate surface area is 113 Å². The summed E-state index contributed by atoms with van der Waals surface area (Å²) in [6.45, 7) is 0. The van der Waals surface area contributed by atoms with E-state index in [1.54, 1.807) is 6.08 Å². The quantitative estimate of drug-likeness (QED) is 0.260. The van der Waals surface area contributed by atoms with E-state index in [4.69, 9.17) is 16.0 Å². The second kappa shape index (κ2) is 5.34. The van der Waals surface area contributed by atoms with Crippen molar-refractivity contribution >= 4 is 29.8 Å². The van der Waals surface area contributed by atoms with E-state index >= 15 is 0 Å². The van der Waals surface area contributed by atoms with Crippen molar-refractivity contribution in [1.29, 1.82) is 5.41 Å². The third kappa shape index (κ3) is 2.55. The van der Waals surface area contributed by atoms with Gasteiger partial charge in [0.25, 0.3) is 11.8 Å². The number of rotatable bonds is 3. The van der Waals surface area contributed by atoms with Crippen LogP contribution in [0.25, 0.3) is 0 Å². The molecular weight excluding hydrogens is 266 g/mol. The Morgan fingerprint density at radius 3 is 2.55 bits per heavy atom. The van der Waals surface area contributed by atoms with Crippen LogP contribution in [0.2, 0.25) is 0 Å². The largest absolute Gasteiger partial charge is 0.383 e. The fourth-order valence-electron chi connectivity index (χ4n) is 1.58. The summed E-state index contributed by atoms with van der Waals surface area (Å²) in [6, 6.07) is 0. The van der Waals surface area contributed by atoms with Crippen LogP contribution in [0.4, 0.5) is 0 Å². The number of hydrogen-bond acceptors (Lipinski definition) is 7. The van der Waals surface area contributed by atoms with Gasteiger partial charge in [0.05, 0.1) is 0 Å². The molecule has 2 heterocycles. The van der Waals surface area contributed by atoms with Gasteiger partial charge < -0.3 is 15.9 Å². The summed E-state index contributed by atoms with van der Waals surface area (Å²) < 4.78 is 0. The van der Waals surface area contributed by atoms with Crippen molar-refractivity contribution in [3.8, 4) is 0 Å². The fraction of sp³-hybridized carbons (Fsp3) is 0.182. The number of nitrogens with one attached hydrogen (secondary N) is 2. The first kappa shape index (κ1) is 13.5. The van der Waals surface area contributed by atoms with Crippen LogP contribution in [0.5, 0.6) is 0 Å². The summed E-state index contributed by atoms with van der Waals surface area (Å²) in [7, 11) is 0. The molecule has 104 valence electrons. The number of carbonyl (C=O) groups excluding carboxylic acids is 3. The predicted octanol–water partition coefficient (Wildman–Crippen LogP) is -1.07. The zero-order valence-electron chi connectivity index (χ0n) is 10.3. The lowest BCUT2D eigenvalue weighted by molar-refractivity contribution is -0.194. The molecule has 9 heteroatoms. The number of hydrogen-bond donors (Lipinski definition) is 3. The van der Waals surface area contributed by atoms with E-state index in [2.05, 4.69) is 10.3 Å². The molecule has 4 N–H and O–H groups in total. The number of nitrogens with zero attached hydrogens (tertiary/aromatic N) is 2. The highest BCUT2D eigenvalue weighted by molar-refractivity contribution is 6.18. The van der Waals surface area contributed by atoms with Gasteiger partial charge in [-0.25, -0.2) is 9.79 Å². The van der Waals surface area contributed by atoms with Gasteiger partial charge in [-0.05, 0) is 6.08 Å². The fourth-order valence-corrected chi connectivity index (χ4v) is 1.58. The number of amides is 2. The Kier molecular flexibility index (Phi) is 3.60. The van der Waals surface area contributed by atoms with Crippen molar-refractivity contribution in [2.24, 2.45) is 10.7 Å². The first-order chi connectivity index (χ1) is 9.50. The van der Waals surface area contributed by atoms with Gasteiger partial charge >= 0.3 is 5.97 Å². The number of imide groups is 1. The highest BCUT2D eigenvalue weighted by Crippen LogP contribution is 2.15. The summed E-state index contributed by atoms with van der Waals surface area (Å²) in [4.78, 5) is 43.2. The summed E-state index contributed by atoms with van der Waals surface area (Å²) in [6.07, 6.45) is 4.40. The minimum Gasteiger partial charge on any atom is -0.383 e. The van der Waals surface area contributed by atoms with E-state index in [-0.39, 0.29) is 24.2 Å². The van der Waals surface area contributed by atoms with Gasteiger partial charge in [-0.3, -0.25) is 15.0 Å². The van der Waals surface area contributed by atoms with Crippen LogP contribution in [0.1, 0.15) is 12.8 Å². The van der Waals surface area contributed by atoms with Crippen molar-refractivity contribution in [2.75, 3.05) is 0 Å². The van der Waals surface area contributed by atoms with Gasteiger partial charge in [-0.1, -0.05) is 0 Å².